The van der Waals surface area contributed by atoms with E-state index in [2.05, 4.69) is 0 Å². The summed E-state index contributed by atoms with van der Waals surface area (Å²) in [5.41, 5.74) is 0.217. The Balaban J connectivity index is 1.87. The molecule has 1 atom stereocenters. The van der Waals surface area contributed by atoms with Crippen LogP contribution in [0.15, 0.2) is 23.2 Å². The Bertz CT molecular complexity index is 663. The van der Waals surface area contributed by atoms with Crippen LogP contribution in [0.5, 0.6) is 0 Å². The normalized spacial score (nSPS) is 23.2. The number of aliphatic imine (C=N–C) groups is 1. The molecule has 0 radical (unpaired) electrons. The number of carbonyl (C=O) groups is 1. The van der Waals surface area contributed by atoms with Gasteiger partial charge in [-0.25, -0.2) is 4.39 Å². The first-order valence-electron chi connectivity index (χ1n) is 8.15. The highest BCUT2D eigenvalue weighted by atomic mass is 35.5. The average Bonchev–Trinajstić information content (AvgIpc) is 3.16. The number of nitrogens with zero attached hydrogens (tertiary/aromatic N) is 3. The highest BCUT2D eigenvalue weighted by Crippen LogP contribution is 2.33. The Hall–Kier alpha value is -1.27. The molecule has 4 nitrogen and oxygen atoms in total. The van der Waals surface area contributed by atoms with Crippen LogP contribution in [0, 0.1) is 5.82 Å². The molecule has 24 heavy (non-hydrogen) atoms. The summed E-state index contributed by atoms with van der Waals surface area (Å²) in [6.45, 7) is 1.45. The van der Waals surface area contributed by atoms with E-state index >= 15 is 0 Å². The van der Waals surface area contributed by atoms with E-state index in [9.17, 15) is 9.18 Å². The van der Waals surface area contributed by atoms with Gasteiger partial charge in [0, 0.05) is 24.7 Å². The maximum absolute atomic E-state index is 14.3. The lowest BCUT2D eigenvalue weighted by molar-refractivity contribution is -0.117. The van der Waals surface area contributed by atoms with Crippen molar-refractivity contribution < 1.29 is 9.18 Å². The minimum atomic E-state index is -0.450. The first kappa shape index (κ1) is 17.5. The maximum Gasteiger partial charge on any atom is 0.225 e. The summed E-state index contributed by atoms with van der Waals surface area (Å²) >= 11 is 7.63. The molecule has 130 valence electrons. The van der Waals surface area contributed by atoms with Gasteiger partial charge < -0.3 is 4.90 Å². The second kappa shape index (κ2) is 7.31. The van der Waals surface area contributed by atoms with Gasteiger partial charge in [0.15, 0.2) is 5.17 Å². The summed E-state index contributed by atoms with van der Waals surface area (Å²) < 4.78 is 14.3. The molecule has 1 aliphatic carbocycles. The van der Waals surface area contributed by atoms with Crippen LogP contribution in [0.4, 0.5) is 10.1 Å². The number of amidine groups is 1. The first-order chi connectivity index (χ1) is 11.5. The van der Waals surface area contributed by atoms with Gasteiger partial charge in [-0.05, 0) is 31.0 Å². The third-order valence-electron chi connectivity index (χ3n) is 4.53. The second-order valence-electron chi connectivity index (χ2n) is 6.24. The van der Waals surface area contributed by atoms with Crippen molar-refractivity contribution in [2.75, 3.05) is 17.7 Å². The van der Waals surface area contributed by atoms with Gasteiger partial charge in [-0.1, -0.05) is 36.2 Å². The summed E-state index contributed by atoms with van der Waals surface area (Å²) in [7, 11) is 1.91. The molecular formula is C17H21ClFN3OS. The van der Waals surface area contributed by atoms with Crippen molar-refractivity contribution in [3.8, 4) is 0 Å². The molecule has 1 heterocycles. The van der Waals surface area contributed by atoms with Crippen molar-refractivity contribution in [2.45, 2.75) is 44.8 Å². The molecule has 0 aromatic heterocycles. The lowest BCUT2D eigenvalue weighted by Gasteiger charge is -2.33. The number of benzene rings is 1. The summed E-state index contributed by atoms with van der Waals surface area (Å²) in [5.74, 6) is -0.00181. The van der Waals surface area contributed by atoms with E-state index in [-0.39, 0.29) is 17.8 Å². The monoisotopic (exact) mass is 369 g/mol. The van der Waals surface area contributed by atoms with Gasteiger partial charge in [0.2, 0.25) is 5.91 Å². The zero-order valence-electron chi connectivity index (χ0n) is 13.8. The van der Waals surface area contributed by atoms with Crippen LogP contribution >= 0.6 is 23.4 Å². The van der Waals surface area contributed by atoms with Crippen LogP contribution in [0.3, 0.4) is 0 Å². The van der Waals surface area contributed by atoms with E-state index in [1.165, 1.54) is 42.9 Å². The van der Waals surface area contributed by atoms with Crippen LogP contribution in [0.2, 0.25) is 5.02 Å². The zero-order chi connectivity index (χ0) is 17.3. The lowest BCUT2D eigenvalue weighted by atomic mass is 10.2. The molecule has 1 saturated carbocycles. The van der Waals surface area contributed by atoms with E-state index < -0.39 is 5.82 Å². The first-order valence-corrected chi connectivity index (χ1v) is 9.52. The average molecular weight is 370 g/mol. The molecule has 2 fully saturated rings. The van der Waals surface area contributed by atoms with Crippen molar-refractivity contribution in [1.29, 1.82) is 0 Å². The van der Waals surface area contributed by atoms with Crippen molar-refractivity contribution in [2.24, 2.45) is 4.99 Å². The van der Waals surface area contributed by atoms with E-state index in [4.69, 9.17) is 16.6 Å². The molecule has 1 aromatic carbocycles. The summed E-state index contributed by atoms with van der Waals surface area (Å²) in [6.07, 6.45) is 4.45. The van der Waals surface area contributed by atoms with Crippen LogP contribution in [-0.2, 0) is 4.79 Å². The molecule has 3 rings (SSSR count). The highest BCUT2D eigenvalue weighted by Gasteiger charge is 2.36. The van der Waals surface area contributed by atoms with Crippen molar-refractivity contribution in [1.82, 2.24) is 4.90 Å². The molecule has 7 heteroatoms. The quantitative estimate of drug-likeness (QED) is 0.803. The van der Waals surface area contributed by atoms with Crippen molar-refractivity contribution in [3.63, 3.8) is 0 Å². The largest absolute Gasteiger partial charge is 0.333 e. The van der Waals surface area contributed by atoms with Gasteiger partial charge in [-0.3, -0.25) is 14.7 Å². The number of rotatable bonds is 3. The number of carbonyl (C=O) groups excluding carboxylic acids is 1. The minimum absolute atomic E-state index is 0.212. The fourth-order valence-electron chi connectivity index (χ4n) is 3.27. The van der Waals surface area contributed by atoms with Crippen molar-refractivity contribution in [3.05, 3.63) is 29.0 Å². The minimum Gasteiger partial charge on any atom is -0.333 e. The molecule has 0 bridgehead atoms. The maximum atomic E-state index is 14.3. The van der Waals surface area contributed by atoms with E-state index in [0.29, 0.717) is 16.8 Å². The van der Waals surface area contributed by atoms with Crippen LogP contribution in [0.1, 0.15) is 32.6 Å². The highest BCUT2D eigenvalue weighted by molar-refractivity contribution is 8.14. The molecular weight excluding hydrogens is 349 g/mol. The topological polar surface area (TPSA) is 35.9 Å². The van der Waals surface area contributed by atoms with Gasteiger partial charge in [-0.2, -0.15) is 0 Å². The summed E-state index contributed by atoms with van der Waals surface area (Å²) in [4.78, 5) is 20.5. The molecule has 1 unspecified atom stereocenters. The van der Waals surface area contributed by atoms with Crippen LogP contribution < -0.4 is 4.90 Å². The molecule has 2 aliphatic rings. The number of hydrogen-bond donors (Lipinski definition) is 0. The third-order valence-corrected chi connectivity index (χ3v) is 5.88. The molecule has 1 aliphatic heterocycles. The number of hydrogen-bond acceptors (Lipinski definition) is 3. The van der Waals surface area contributed by atoms with Crippen LogP contribution in [-0.4, -0.2) is 41.0 Å². The second-order valence-corrected chi connectivity index (χ2v) is 7.66. The lowest BCUT2D eigenvalue weighted by Crippen LogP contribution is -2.48. The van der Waals surface area contributed by atoms with Gasteiger partial charge >= 0.3 is 0 Å². The summed E-state index contributed by atoms with van der Waals surface area (Å²) in [6, 6.07) is 4.66. The Morgan fingerprint density at radius 2 is 2.12 bits per heavy atom. The fraction of sp³-hybridized carbons (Fsp3) is 0.529. The summed E-state index contributed by atoms with van der Waals surface area (Å²) in [5, 5.41) is 1.34. The van der Waals surface area contributed by atoms with Crippen LogP contribution in [0.25, 0.3) is 0 Å². The number of anilines is 1. The van der Waals surface area contributed by atoms with E-state index in [1.54, 1.807) is 11.8 Å². The van der Waals surface area contributed by atoms with E-state index in [1.807, 2.05) is 11.9 Å². The predicted molar refractivity (Wildman–Crippen MR) is 98.3 cm³/mol. The third kappa shape index (κ3) is 3.54. The standard InChI is InChI=1S/C17H21ClFN3OS/c1-11(23)22(15-9-12(18)7-8-14(15)19)16-10-24-17(21(16)2)20-13-5-3-4-6-13/h7-9,13,16H,3-6,10H2,1-2H3. The SMILES string of the molecule is CC(=O)N(c1cc(Cl)ccc1F)C1CSC(=NC2CCCC2)N1C. The molecule has 0 N–H and O–H groups in total. The van der Waals surface area contributed by atoms with Gasteiger partial charge in [0.1, 0.15) is 12.0 Å². The van der Waals surface area contributed by atoms with E-state index in [0.717, 1.165) is 18.0 Å². The van der Waals surface area contributed by atoms with Gasteiger partial charge in [-0.15, -0.1) is 0 Å². The number of amides is 1. The number of halogens is 2. The molecule has 1 aromatic rings. The Morgan fingerprint density at radius 3 is 2.79 bits per heavy atom. The zero-order valence-corrected chi connectivity index (χ0v) is 15.4. The fourth-order valence-corrected chi connectivity index (χ4v) is 4.65. The van der Waals surface area contributed by atoms with Gasteiger partial charge in [0.05, 0.1) is 11.7 Å². The molecule has 1 saturated heterocycles. The Morgan fingerprint density at radius 1 is 1.42 bits per heavy atom. The van der Waals surface area contributed by atoms with Crippen molar-refractivity contribution >= 4 is 40.1 Å². The smallest absolute Gasteiger partial charge is 0.225 e. The predicted octanol–water partition coefficient (Wildman–Crippen LogP) is 4.14. The molecule has 0 spiro atoms. The van der Waals surface area contributed by atoms with Gasteiger partial charge in [0.25, 0.3) is 0 Å². The Kier molecular flexibility index (Phi) is 5.35. The number of thioether (sulfide) groups is 1. The Labute approximate surface area is 151 Å². The molecule has 1 amide bonds.